The van der Waals surface area contributed by atoms with Gasteiger partial charge in [-0.1, -0.05) is 12.1 Å². The number of furan rings is 1. The number of nitrogens with one attached hydrogen (secondary N) is 1. The molecule has 0 aliphatic heterocycles. The van der Waals surface area contributed by atoms with Gasteiger partial charge in [0.05, 0.1) is 19.2 Å². The minimum atomic E-state index is -0.220. The highest BCUT2D eigenvalue weighted by atomic mass is 16.5. The zero-order valence-corrected chi connectivity index (χ0v) is 12.7. The predicted molar refractivity (Wildman–Crippen MR) is 81.1 cm³/mol. The zero-order valence-electron chi connectivity index (χ0n) is 12.7. The Balaban J connectivity index is 1.83. The van der Waals surface area contributed by atoms with Crippen molar-refractivity contribution in [1.29, 1.82) is 0 Å². The second-order valence-corrected chi connectivity index (χ2v) is 5.89. The monoisotopic (exact) mass is 287 g/mol. The van der Waals surface area contributed by atoms with E-state index in [-0.39, 0.29) is 11.5 Å². The molecule has 0 fully saturated rings. The Morgan fingerprint density at radius 3 is 2.48 bits per heavy atom. The molecule has 0 bridgehead atoms. The number of ether oxygens (including phenoxy) is 1. The minimum Gasteiger partial charge on any atom is -0.488 e. The number of rotatable bonds is 5. The molecule has 4 nitrogen and oxygen atoms in total. The van der Waals surface area contributed by atoms with Gasteiger partial charge in [0.1, 0.15) is 17.1 Å². The smallest absolute Gasteiger partial charge is 0.224 e. The van der Waals surface area contributed by atoms with Crippen LogP contribution in [0.5, 0.6) is 5.75 Å². The quantitative estimate of drug-likeness (QED) is 0.917. The average Bonchev–Trinajstić information content (AvgIpc) is 2.90. The highest BCUT2D eigenvalue weighted by Gasteiger charge is 2.11. The van der Waals surface area contributed by atoms with Gasteiger partial charge in [0.15, 0.2) is 0 Å². The normalized spacial score (nSPS) is 11.2. The van der Waals surface area contributed by atoms with Gasteiger partial charge < -0.3 is 14.5 Å². The fourth-order valence-electron chi connectivity index (χ4n) is 1.88. The fraction of sp³-hybridized carbons (Fsp3) is 0.353. The molecule has 1 aromatic carbocycles. The van der Waals surface area contributed by atoms with Crippen molar-refractivity contribution in [2.75, 3.05) is 0 Å². The Kier molecular flexibility index (Phi) is 4.68. The summed E-state index contributed by atoms with van der Waals surface area (Å²) in [7, 11) is 0. The Labute approximate surface area is 125 Å². The van der Waals surface area contributed by atoms with Gasteiger partial charge in [-0.2, -0.15) is 0 Å². The van der Waals surface area contributed by atoms with Crippen molar-refractivity contribution in [3.05, 3.63) is 54.0 Å². The van der Waals surface area contributed by atoms with Gasteiger partial charge in [0.25, 0.3) is 0 Å². The number of hydrogen-bond acceptors (Lipinski definition) is 3. The maximum atomic E-state index is 11.8. The average molecular weight is 287 g/mol. The molecule has 1 N–H and O–H groups in total. The molecule has 0 radical (unpaired) electrons. The summed E-state index contributed by atoms with van der Waals surface area (Å²) >= 11 is 0. The molecule has 4 heteroatoms. The summed E-state index contributed by atoms with van der Waals surface area (Å²) in [5, 5.41) is 2.82. The topological polar surface area (TPSA) is 51.5 Å². The molecule has 1 heterocycles. The van der Waals surface area contributed by atoms with E-state index in [1.54, 1.807) is 12.3 Å². The first-order valence-corrected chi connectivity index (χ1v) is 6.99. The van der Waals surface area contributed by atoms with Gasteiger partial charge in [0, 0.05) is 0 Å². The molecular formula is C17H21NO3. The molecule has 0 saturated heterocycles. The lowest BCUT2D eigenvalue weighted by Gasteiger charge is -2.21. The van der Waals surface area contributed by atoms with Crippen LogP contribution < -0.4 is 10.1 Å². The van der Waals surface area contributed by atoms with Gasteiger partial charge in [-0.25, -0.2) is 0 Å². The van der Waals surface area contributed by atoms with Crippen molar-refractivity contribution in [3.8, 4) is 5.75 Å². The maximum Gasteiger partial charge on any atom is 0.224 e. The predicted octanol–water partition coefficient (Wildman–Crippen LogP) is 3.32. The summed E-state index contributed by atoms with van der Waals surface area (Å²) < 4.78 is 10.9. The lowest BCUT2D eigenvalue weighted by atomic mass is 10.1. The molecule has 1 amide bonds. The van der Waals surface area contributed by atoms with Crippen LogP contribution in [0, 0.1) is 0 Å². The molecule has 0 saturated carbocycles. The summed E-state index contributed by atoms with van der Waals surface area (Å²) in [6, 6.07) is 11.2. The Morgan fingerprint density at radius 1 is 1.19 bits per heavy atom. The van der Waals surface area contributed by atoms with Crippen LogP contribution in [0.15, 0.2) is 47.1 Å². The standard InChI is InChI=1S/C17H21NO3/c1-17(2,3)21-14-8-6-13(7-9-14)11-16(19)18-12-15-5-4-10-20-15/h4-10H,11-12H2,1-3H3,(H,18,19). The zero-order chi connectivity index (χ0) is 15.3. The van der Waals surface area contributed by atoms with E-state index in [0.29, 0.717) is 13.0 Å². The summed E-state index contributed by atoms with van der Waals surface area (Å²) in [4.78, 5) is 11.8. The first-order chi connectivity index (χ1) is 9.92. The van der Waals surface area contributed by atoms with E-state index in [4.69, 9.17) is 9.15 Å². The molecule has 0 atom stereocenters. The summed E-state index contributed by atoms with van der Waals surface area (Å²) in [6.07, 6.45) is 1.94. The van der Waals surface area contributed by atoms with E-state index >= 15 is 0 Å². The van der Waals surface area contributed by atoms with E-state index in [1.807, 2.05) is 51.1 Å². The fourth-order valence-corrected chi connectivity index (χ4v) is 1.88. The second-order valence-electron chi connectivity index (χ2n) is 5.89. The van der Waals surface area contributed by atoms with Crippen LogP contribution in [0.4, 0.5) is 0 Å². The summed E-state index contributed by atoms with van der Waals surface area (Å²) in [5.74, 6) is 1.52. The third-order valence-corrected chi connectivity index (χ3v) is 2.75. The molecule has 0 spiro atoms. The second kappa shape index (κ2) is 6.48. The van der Waals surface area contributed by atoms with Crippen molar-refractivity contribution in [1.82, 2.24) is 5.32 Å². The molecule has 1 aromatic heterocycles. The van der Waals surface area contributed by atoms with Gasteiger partial charge in [-0.05, 0) is 50.6 Å². The molecule has 0 unspecified atom stereocenters. The van der Waals surface area contributed by atoms with Gasteiger partial charge in [-0.3, -0.25) is 4.79 Å². The number of benzene rings is 1. The minimum absolute atomic E-state index is 0.0316. The first kappa shape index (κ1) is 15.2. The third-order valence-electron chi connectivity index (χ3n) is 2.75. The van der Waals surface area contributed by atoms with Crippen LogP contribution in [0.1, 0.15) is 32.1 Å². The number of carbonyl (C=O) groups excluding carboxylic acids is 1. The molecule has 0 aliphatic carbocycles. The Hall–Kier alpha value is -2.23. The van der Waals surface area contributed by atoms with Gasteiger partial charge in [-0.15, -0.1) is 0 Å². The lowest BCUT2D eigenvalue weighted by Crippen LogP contribution is -2.24. The lowest BCUT2D eigenvalue weighted by molar-refractivity contribution is -0.120. The van der Waals surface area contributed by atoms with Crippen LogP contribution in [0.2, 0.25) is 0 Å². The first-order valence-electron chi connectivity index (χ1n) is 6.99. The summed E-state index contributed by atoms with van der Waals surface area (Å²) in [5.41, 5.74) is 0.732. The number of hydrogen-bond donors (Lipinski definition) is 1. The number of amides is 1. The van der Waals surface area contributed by atoms with Crippen LogP contribution in [-0.2, 0) is 17.8 Å². The molecule has 112 valence electrons. The van der Waals surface area contributed by atoms with Crippen molar-refractivity contribution < 1.29 is 13.9 Å². The highest BCUT2D eigenvalue weighted by molar-refractivity contribution is 5.78. The largest absolute Gasteiger partial charge is 0.488 e. The Morgan fingerprint density at radius 2 is 1.90 bits per heavy atom. The van der Waals surface area contributed by atoms with Crippen molar-refractivity contribution in [2.24, 2.45) is 0 Å². The molecular weight excluding hydrogens is 266 g/mol. The van der Waals surface area contributed by atoms with Crippen LogP contribution in [-0.4, -0.2) is 11.5 Å². The molecule has 2 rings (SSSR count). The SMILES string of the molecule is CC(C)(C)Oc1ccc(CC(=O)NCc2ccco2)cc1. The van der Waals surface area contributed by atoms with Crippen LogP contribution >= 0.6 is 0 Å². The van der Waals surface area contributed by atoms with Crippen LogP contribution in [0.25, 0.3) is 0 Å². The molecule has 2 aromatic rings. The van der Waals surface area contributed by atoms with Crippen molar-refractivity contribution in [3.63, 3.8) is 0 Å². The van der Waals surface area contributed by atoms with E-state index in [2.05, 4.69) is 5.32 Å². The molecule has 21 heavy (non-hydrogen) atoms. The van der Waals surface area contributed by atoms with E-state index in [9.17, 15) is 4.79 Å². The third kappa shape index (κ3) is 5.34. The van der Waals surface area contributed by atoms with Crippen molar-refractivity contribution in [2.45, 2.75) is 39.3 Å². The maximum absolute atomic E-state index is 11.8. The molecule has 0 aliphatic rings. The number of carbonyl (C=O) groups is 1. The van der Waals surface area contributed by atoms with E-state index < -0.39 is 0 Å². The highest BCUT2D eigenvalue weighted by Crippen LogP contribution is 2.18. The van der Waals surface area contributed by atoms with Gasteiger partial charge in [0.2, 0.25) is 5.91 Å². The van der Waals surface area contributed by atoms with E-state index in [1.165, 1.54) is 0 Å². The van der Waals surface area contributed by atoms with Crippen LogP contribution in [0.3, 0.4) is 0 Å². The Bertz CT molecular complexity index is 565. The van der Waals surface area contributed by atoms with Crippen molar-refractivity contribution >= 4 is 5.91 Å². The van der Waals surface area contributed by atoms with Gasteiger partial charge >= 0.3 is 0 Å². The summed E-state index contributed by atoms with van der Waals surface area (Å²) in [6.45, 7) is 6.42. The van der Waals surface area contributed by atoms with E-state index in [0.717, 1.165) is 17.1 Å².